The van der Waals surface area contributed by atoms with Crippen LogP contribution in [0.2, 0.25) is 0 Å². The lowest BCUT2D eigenvalue weighted by Gasteiger charge is -2.31. The maximum atomic E-state index is 5.49. The third kappa shape index (κ3) is 2.69. The van der Waals surface area contributed by atoms with Crippen molar-refractivity contribution in [2.45, 2.75) is 38.5 Å². The first-order valence-corrected chi connectivity index (χ1v) is 8.23. The van der Waals surface area contributed by atoms with Crippen molar-refractivity contribution in [3.8, 4) is 0 Å². The molecule has 4 heterocycles. The largest absolute Gasteiger partial charge is 0.356 e. The second kappa shape index (κ2) is 5.68. The summed E-state index contributed by atoms with van der Waals surface area (Å²) in [5.41, 5.74) is 0.935. The summed E-state index contributed by atoms with van der Waals surface area (Å²) in [5.74, 6) is 3.14. The second-order valence-corrected chi connectivity index (χ2v) is 6.52. The Balaban J connectivity index is 1.55. The Labute approximate surface area is 134 Å². The molecule has 23 heavy (non-hydrogen) atoms. The highest BCUT2D eigenvalue weighted by atomic mass is 16.5. The first kappa shape index (κ1) is 14.2. The van der Waals surface area contributed by atoms with E-state index in [0.717, 1.165) is 54.5 Å². The van der Waals surface area contributed by atoms with Crippen LogP contribution in [0.15, 0.2) is 28.9 Å². The van der Waals surface area contributed by atoms with Crippen molar-refractivity contribution < 1.29 is 4.52 Å². The number of fused-ring (bicyclic) bond motifs is 1. The highest BCUT2D eigenvalue weighted by Crippen LogP contribution is 2.29. The van der Waals surface area contributed by atoms with Crippen LogP contribution in [0.5, 0.6) is 0 Å². The molecule has 3 aromatic heterocycles. The van der Waals surface area contributed by atoms with E-state index in [9.17, 15) is 0 Å². The molecule has 0 amide bonds. The third-order valence-electron chi connectivity index (χ3n) is 4.46. The summed E-state index contributed by atoms with van der Waals surface area (Å²) in [6.07, 6.45) is 4.11. The Kier molecular flexibility index (Phi) is 3.52. The number of aromatic nitrogens is 4. The first-order valence-electron chi connectivity index (χ1n) is 8.23. The molecule has 0 spiro atoms. The van der Waals surface area contributed by atoms with Crippen LogP contribution in [0.1, 0.15) is 50.2 Å². The van der Waals surface area contributed by atoms with Crippen molar-refractivity contribution in [2.75, 3.05) is 18.0 Å². The maximum Gasteiger partial charge on any atom is 0.231 e. The summed E-state index contributed by atoms with van der Waals surface area (Å²) in [7, 11) is 0. The molecule has 1 fully saturated rings. The number of anilines is 1. The number of nitrogens with zero attached hydrogens (tertiary/aromatic N) is 4. The minimum absolute atomic E-state index is 0.282. The molecule has 0 radical (unpaired) electrons. The molecule has 1 saturated heterocycles. The van der Waals surface area contributed by atoms with Crippen molar-refractivity contribution in [1.29, 1.82) is 0 Å². The van der Waals surface area contributed by atoms with Gasteiger partial charge in [-0.15, -0.1) is 0 Å². The van der Waals surface area contributed by atoms with Gasteiger partial charge in [0, 0.05) is 30.6 Å². The Morgan fingerprint density at radius 1 is 1.26 bits per heavy atom. The summed E-state index contributed by atoms with van der Waals surface area (Å²) < 4.78 is 5.49. The molecule has 120 valence electrons. The van der Waals surface area contributed by atoms with E-state index in [0.29, 0.717) is 5.92 Å². The van der Waals surface area contributed by atoms with Gasteiger partial charge in [-0.25, -0.2) is 4.98 Å². The number of hydrogen-bond donors (Lipinski definition) is 1. The van der Waals surface area contributed by atoms with Gasteiger partial charge in [-0.1, -0.05) is 19.0 Å². The fraction of sp³-hybridized carbons (Fsp3) is 0.471. The van der Waals surface area contributed by atoms with Crippen molar-refractivity contribution in [1.82, 2.24) is 20.1 Å². The number of nitrogens with one attached hydrogen (secondary N) is 1. The van der Waals surface area contributed by atoms with Crippen LogP contribution in [0.25, 0.3) is 11.0 Å². The van der Waals surface area contributed by atoms with Gasteiger partial charge in [0.05, 0.1) is 5.92 Å². The fourth-order valence-corrected chi connectivity index (χ4v) is 3.13. The minimum atomic E-state index is 0.282. The third-order valence-corrected chi connectivity index (χ3v) is 4.46. The molecule has 0 aromatic carbocycles. The highest BCUT2D eigenvalue weighted by Gasteiger charge is 2.27. The molecular weight excluding hydrogens is 290 g/mol. The SMILES string of the molecule is CC(C)c1noc(C2CCCN(c3ccc4cc[nH]c4n3)C2)n1. The van der Waals surface area contributed by atoms with Gasteiger partial charge in [0.2, 0.25) is 5.89 Å². The van der Waals surface area contributed by atoms with E-state index in [2.05, 4.69) is 46.0 Å². The lowest BCUT2D eigenvalue weighted by Crippen LogP contribution is -2.35. The number of pyridine rings is 1. The fourth-order valence-electron chi connectivity index (χ4n) is 3.13. The molecule has 4 rings (SSSR count). The van der Waals surface area contributed by atoms with Crippen LogP contribution in [0.3, 0.4) is 0 Å². The van der Waals surface area contributed by atoms with Gasteiger partial charge in [0.25, 0.3) is 0 Å². The van der Waals surface area contributed by atoms with E-state index in [1.54, 1.807) is 0 Å². The smallest absolute Gasteiger partial charge is 0.231 e. The number of rotatable bonds is 3. The Morgan fingerprint density at radius 2 is 2.17 bits per heavy atom. The van der Waals surface area contributed by atoms with Crippen molar-refractivity contribution in [3.63, 3.8) is 0 Å². The van der Waals surface area contributed by atoms with Crippen molar-refractivity contribution in [2.24, 2.45) is 0 Å². The van der Waals surface area contributed by atoms with Crippen molar-refractivity contribution >= 4 is 16.9 Å². The first-order chi connectivity index (χ1) is 11.2. The zero-order valence-electron chi connectivity index (χ0n) is 13.5. The summed E-state index contributed by atoms with van der Waals surface area (Å²) in [4.78, 5) is 14.8. The molecule has 0 saturated carbocycles. The van der Waals surface area contributed by atoms with Gasteiger partial charge in [-0.3, -0.25) is 0 Å². The molecule has 1 atom stereocenters. The predicted octanol–water partition coefficient (Wildman–Crippen LogP) is 3.45. The number of hydrogen-bond acceptors (Lipinski definition) is 5. The molecular formula is C17H21N5O. The average molecular weight is 311 g/mol. The maximum absolute atomic E-state index is 5.49. The topological polar surface area (TPSA) is 70.8 Å². The second-order valence-electron chi connectivity index (χ2n) is 6.52. The monoisotopic (exact) mass is 311 g/mol. The molecule has 1 N–H and O–H groups in total. The summed E-state index contributed by atoms with van der Waals surface area (Å²) >= 11 is 0. The zero-order chi connectivity index (χ0) is 15.8. The number of H-pyrrole nitrogens is 1. The van der Waals surface area contributed by atoms with Gasteiger partial charge in [-0.05, 0) is 31.0 Å². The molecule has 1 aliphatic heterocycles. The standard InChI is InChI=1S/C17H21N5O/c1-11(2)15-20-17(23-21-15)13-4-3-9-22(10-13)14-6-5-12-7-8-18-16(12)19-14/h5-8,11,13H,3-4,9-10H2,1-2H3,(H,18,19). The van der Waals surface area contributed by atoms with E-state index < -0.39 is 0 Å². The summed E-state index contributed by atoms with van der Waals surface area (Å²) in [5, 5.41) is 5.24. The van der Waals surface area contributed by atoms with Crippen LogP contribution in [0.4, 0.5) is 5.82 Å². The molecule has 3 aromatic rings. The molecule has 1 unspecified atom stereocenters. The van der Waals surface area contributed by atoms with E-state index in [1.807, 2.05) is 12.3 Å². The van der Waals surface area contributed by atoms with Crippen LogP contribution in [0, 0.1) is 0 Å². The van der Waals surface area contributed by atoms with E-state index >= 15 is 0 Å². The van der Waals surface area contributed by atoms with Gasteiger partial charge in [0.1, 0.15) is 11.5 Å². The Morgan fingerprint density at radius 3 is 3.00 bits per heavy atom. The van der Waals surface area contributed by atoms with Crippen LogP contribution in [-0.2, 0) is 0 Å². The van der Waals surface area contributed by atoms with Gasteiger partial charge in [-0.2, -0.15) is 4.98 Å². The predicted molar refractivity (Wildman–Crippen MR) is 88.7 cm³/mol. The van der Waals surface area contributed by atoms with E-state index in [-0.39, 0.29) is 5.92 Å². The molecule has 6 nitrogen and oxygen atoms in total. The normalized spacial score (nSPS) is 18.9. The average Bonchev–Trinajstić information content (AvgIpc) is 3.23. The number of piperidine rings is 1. The van der Waals surface area contributed by atoms with Crippen molar-refractivity contribution in [3.05, 3.63) is 36.1 Å². The van der Waals surface area contributed by atoms with Gasteiger partial charge >= 0.3 is 0 Å². The summed E-state index contributed by atoms with van der Waals surface area (Å²) in [6.45, 7) is 6.05. The lowest BCUT2D eigenvalue weighted by molar-refractivity contribution is 0.329. The Bertz CT molecular complexity index is 806. The molecule has 0 aliphatic carbocycles. The van der Waals surface area contributed by atoms with Crippen LogP contribution in [-0.4, -0.2) is 33.2 Å². The summed E-state index contributed by atoms with van der Waals surface area (Å²) in [6, 6.07) is 6.24. The van der Waals surface area contributed by atoms with E-state index in [4.69, 9.17) is 9.51 Å². The molecule has 1 aliphatic rings. The van der Waals surface area contributed by atoms with Gasteiger partial charge < -0.3 is 14.4 Å². The van der Waals surface area contributed by atoms with E-state index in [1.165, 1.54) is 0 Å². The highest BCUT2D eigenvalue weighted by molar-refractivity contribution is 5.77. The quantitative estimate of drug-likeness (QED) is 0.802. The van der Waals surface area contributed by atoms with Crippen LogP contribution < -0.4 is 4.90 Å². The molecule has 6 heteroatoms. The Hall–Kier alpha value is -2.37. The lowest BCUT2D eigenvalue weighted by atomic mass is 9.98. The zero-order valence-corrected chi connectivity index (χ0v) is 13.5. The minimum Gasteiger partial charge on any atom is -0.356 e. The van der Waals surface area contributed by atoms with Gasteiger partial charge in [0.15, 0.2) is 5.82 Å². The van der Waals surface area contributed by atoms with Crippen LogP contribution >= 0.6 is 0 Å². The molecule has 0 bridgehead atoms. The number of aromatic amines is 1.